The number of hydrogen-bond acceptors (Lipinski definition) is 8. The number of rotatable bonds is 9. The number of carbonyl (C=O) groups is 6. The molecule has 1 saturated carbocycles. The number of carboxylic acid groups (broad SMARTS) is 2. The smallest absolute Gasteiger partial charge is 0.268 e. The van der Waals surface area contributed by atoms with Gasteiger partial charge in [-0.3, -0.25) is 19.2 Å². The molecule has 4 atom stereocenters. The molecule has 4 amide bonds. The zero-order chi connectivity index (χ0) is 26.9. The van der Waals surface area contributed by atoms with Gasteiger partial charge in [0.25, 0.3) is 5.91 Å². The van der Waals surface area contributed by atoms with Crippen LogP contribution in [0, 0.1) is 5.92 Å². The minimum Gasteiger partial charge on any atom is -0.548 e. The van der Waals surface area contributed by atoms with Crippen LogP contribution in [0.15, 0.2) is 18.3 Å². The molecule has 13 heteroatoms. The van der Waals surface area contributed by atoms with Crippen LogP contribution in [0.5, 0.6) is 0 Å². The van der Waals surface area contributed by atoms with Gasteiger partial charge in [0.05, 0.1) is 24.0 Å². The van der Waals surface area contributed by atoms with Crippen LogP contribution in [0.1, 0.15) is 49.0 Å². The van der Waals surface area contributed by atoms with E-state index in [0.717, 1.165) is 22.6 Å². The third-order valence-electron chi connectivity index (χ3n) is 7.15. The third kappa shape index (κ3) is 5.92. The van der Waals surface area contributed by atoms with Crippen molar-refractivity contribution in [2.24, 2.45) is 13.0 Å². The maximum absolute atomic E-state index is 12.9. The van der Waals surface area contributed by atoms with Crippen LogP contribution in [-0.2, 0) is 31.0 Å². The number of hydrogen-bond donors (Lipinski definition) is 2. The molecule has 3 heterocycles. The highest BCUT2D eigenvalue weighted by Crippen LogP contribution is 2.30. The van der Waals surface area contributed by atoms with Gasteiger partial charge in [-0.25, -0.2) is 0 Å². The summed E-state index contributed by atoms with van der Waals surface area (Å²) in [6, 6.07) is -0.352. The fourth-order valence-corrected chi connectivity index (χ4v) is 5.00. The highest BCUT2D eigenvalue weighted by molar-refractivity contribution is 5.93. The first kappa shape index (κ1) is 26.2. The molecular formula is C24H29N5O8-2. The van der Waals surface area contributed by atoms with Gasteiger partial charge in [0, 0.05) is 57.2 Å². The zero-order valence-electron chi connectivity index (χ0n) is 20.4. The number of amides is 4. The summed E-state index contributed by atoms with van der Waals surface area (Å²) < 4.78 is 1.61. The molecule has 13 nitrogen and oxygen atoms in total. The molecule has 3 aliphatic rings. The number of nitrogens with zero attached hydrogens (tertiary/aromatic N) is 3. The van der Waals surface area contributed by atoms with Crippen molar-refractivity contribution in [1.29, 1.82) is 0 Å². The van der Waals surface area contributed by atoms with E-state index in [1.807, 2.05) is 0 Å². The molecule has 0 unspecified atom stereocenters. The van der Waals surface area contributed by atoms with Gasteiger partial charge in [0.1, 0.15) is 5.69 Å². The van der Waals surface area contributed by atoms with Crippen molar-refractivity contribution in [2.45, 2.75) is 62.7 Å². The lowest BCUT2D eigenvalue weighted by Gasteiger charge is -2.27. The quantitative estimate of drug-likeness (QED) is 0.339. The predicted molar refractivity (Wildman–Crippen MR) is 121 cm³/mol. The van der Waals surface area contributed by atoms with Crippen molar-refractivity contribution in [3.8, 4) is 0 Å². The van der Waals surface area contributed by atoms with E-state index in [0.29, 0.717) is 5.69 Å². The van der Waals surface area contributed by atoms with Gasteiger partial charge < -0.3 is 44.8 Å². The number of nitrogens with one attached hydrogen (secondary N) is 2. The van der Waals surface area contributed by atoms with Crippen LogP contribution in [0.3, 0.4) is 0 Å². The Hall–Kier alpha value is -3.90. The largest absolute Gasteiger partial charge is 0.548 e. The monoisotopic (exact) mass is 515 g/mol. The van der Waals surface area contributed by atoms with E-state index in [1.165, 1.54) is 0 Å². The van der Waals surface area contributed by atoms with Crippen molar-refractivity contribution < 1.29 is 39.0 Å². The number of aliphatic carboxylic acids is 2. The van der Waals surface area contributed by atoms with Crippen LogP contribution in [-0.4, -0.2) is 87.2 Å². The Balaban J connectivity index is 1.32. The lowest BCUT2D eigenvalue weighted by atomic mass is 10.1. The summed E-state index contributed by atoms with van der Waals surface area (Å²) in [5.41, 5.74) is 0.375. The third-order valence-corrected chi connectivity index (χ3v) is 7.15. The van der Waals surface area contributed by atoms with Crippen molar-refractivity contribution in [2.75, 3.05) is 13.1 Å². The van der Waals surface area contributed by atoms with E-state index >= 15 is 0 Å². The first-order valence-corrected chi connectivity index (χ1v) is 12.3. The Morgan fingerprint density at radius 2 is 1.38 bits per heavy atom. The molecule has 0 bridgehead atoms. The Morgan fingerprint density at radius 1 is 0.865 bits per heavy atom. The van der Waals surface area contributed by atoms with Gasteiger partial charge in [-0.2, -0.15) is 0 Å². The molecule has 2 saturated heterocycles. The van der Waals surface area contributed by atoms with E-state index in [-0.39, 0.29) is 50.6 Å². The van der Waals surface area contributed by atoms with E-state index in [1.54, 1.807) is 29.9 Å². The second-order valence-corrected chi connectivity index (χ2v) is 9.89. The molecule has 0 radical (unpaired) electrons. The highest BCUT2D eigenvalue weighted by atomic mass is 16.4. The number of carbonyl (C=O) groups excluding carboxylic acids is 6. The van der Waals surface area contributed by atoms with Gasteiger partial charge >= 0.3 is 0 Å². The fraction of sp³-hybridized carbons (Fsp3) is 0.583. The second-order valence-electron chi connectivity index (χ2n) is 9.89. The lowest BCUT2D eigenvalue weighted by molar-refractivity contribution is -0.311. The second kappa shape index (κ2) is 10.6. The van der Waals surface area contributed by atoms with Gasteiger partial charge in [-0.15, -0.1) is 0 Å². The van der Waals surface area contributed by atoms with Gasteiger partial charge in [-0.1, -0.05) is 0 Å². The van der Waals surface area contributed by atoms with Crippen molar-refractivity contribution in [3.05, 3.63) is 24.0 Å². The van der Waals surface area contributed by atoms with Crippen LogP contribution >= 0.6 is 0 Å². The Bertz CT molecular complexity index is 1110. The average Bonchev–Trinajstić information content (AvgIpc) is 3.24. The van der Waals surface area contributed by atoms with E-state index in [4.69, 9.17) is 0 Å². The number of aromatic nitrogens is 1. The maximum Gasteiger partial charge on any atom is 0.268 e. The van der Waals surface area contributed by atoms with E-state index in [9.17, 15) is 39.0 Å². The standard InChI is InChI=1S/C24H31N5O8/c1-27-8-2-3-16(27)22(33)26-15-10-18(24(36)37)29(12-15)20(31)7-6-19(30)28-11-14(9-17(28)23(34)35)25-21(32)13-4-5-13/h2-3,8,13-15,17-18H,4-7,9-12H2,1H3,(H,25,32)(H,26,33)(H,34,35)(H,36,37)/p-2/t14-,15-,17-,18-/m0/s1. The van der Waals surface area contributed by atoms with Crippen LogP contribution in [0.4, 0.5) is 0 Å². The summed E-state index contributed by atoms with van der Waals surface area (Å²) in [7, 11) is 1.69. The van der Waals surface area contributed by atoms with E-state index < -0.39 is 53.8 Å². The molecule has 2 N–H and O–H groups in total. The van der Waals surface area contributed by atoms with Crippen molar-refractivity contribution in [3.63, 3.8) is 0 Å². The van der Waals surface area contributed by atoms with Gasteiger partial charge in [0.2, 0.25) is 17.7 Å². The Labute approximate surface area is 212 Å². The minimum atomic E-state index is -1.47. The summed E-state index contributed by atoms with van der Waals surface area (Å²) in [6.45, 7) is -0.0781. The summed E-state index contributed by atoms with van der Waals surface area (Å²) in [4.78, 5) is 75.6. The summed E-state index contributed by atoms with van der Waals surface area (Å²) in [6.07, 6.45) is 2.54. The first-order chi connectivity index (χ1) is 17.5. The maximum atomic E-state index is 12.9. The summed E-state index contributed by atoms with van der Waals surface area (Å²) >= 11 is 0. The van der Waals surface area contributed by atoms with Crippen LogP contribution in [0.2, 0.25) is 0 Å². The van der Waals surface area contributed by atoms with E-state index in [2.05, 4.69) is 10.6 Å². The lowest BCUT2D eigenvalue weighted by Crippen LogP contribution is -2.48. The van der Waals surface area contributed by atoms with Gasteiger partial charge in [0.15, 0.2) is 0 Å². The van der Waals surface area contributed by atoms with Crippen LogP contribution < -0.4 is 20.8 Å². The molecule has 200 valence electrons. The zero-order valence-corrected chi connectivity index (χ0v) is 20.4. The molecule has 4 rings (SSSR count). The normalized spacial score (nSPS) is 25.1. The topological polar surface area (TPSA) is 184 Å². The molecule has 0 spiro atoms. The first-order valence-electron chi connectivity index (χ1n) is 12.3. The number of carboxylic acids is 2. The molecule has 1 aromatic heterocycles. The SMILES string of the molecule is Cn1cccc1C(=O)N[C@H]1C[C@@H](C(=O)[O-])N(C(=O)CCC(=O)N2C[C@@H](NC(=O)C3CC3)C[C@H]2C(=O)[O-])C1. The Kier molecular flexibility index (Phi) is 7.50. The molecular weight excluding hydrogens is 486 g/mol. The molecule has 2 aliphatic heterocycles. The average molecular weight is 516 g/mol. The number of likely N-dealkylation sites (tertiary alicyclic amines) is 2. The predicted octanol–water partition coefficient (Wildman–Crippen LogP) is -3.50. The molecule has 1 aromatic rings. The summed E-state index contributed by atoms with van der Waals surface area (Å²) in [5.74, 6) is -4.80. The summed E-state index contributed by atoms with van der Waals surface area (Å²) in [5, 5.41) is 28.7. The molecule has 1 aliphatic carbocycles. The number of aryl methyl sites for hydroxylation is 1. The van der Waals surface area contributed by atoms with Crippen molar-refractivity contribution >= 4 is 35.6 Å². The van der Waals surface area contributed by atoms with Crippen molar-refractivity contribution in [1.82, 2.24) is 25.0 Å². The fourth-order valence-electron chi connectivity index (χ4n) is 5.00. The van der Waals surface area contributed by atoms with Gasteiger partial charge in [-0.05, 0) is 37.8 Å². The molecule has 3 fully saturated rings. The molecule has 37 heavy (non-hydrogen) atoms. The molecule has 0 aromatic carbocycles. The highest BCUT2D eigenvalue weighted by Gasteiger charge is 2.40. The van der Waals surface area contributed by atoms with Crippen LogP contribution in [0.25, 0.3) is 0 Å². The minimum absolute atomic E-state index is 0.0111. The Morgan fingerprint density at radius 3 is 1.81 bits per heavy atom.